The SMILES string of the molecule is CC(C)(C)OC(=O)N[C@H](C(=O)N1C[C@H](Oc2ccc(Cl)cn2)C[C@H]1C(=O)O)C(C)(C)C.COC(=O)[C@@H]1C[C@@H](Oc2ccc(Cl)cn2)CN1C(=O)[C@@H](NC(=O)OC(C)(C)C)C(C)(C)C. The fraction of sp³-hybridized carbons (Fsp3) is 0.628. The second-order valence-corrected chi connectivity index (χ2v) is 20.2. The van der Waals surface area contributed by atoms with E-state index in [1.807, 2.05) is 20.8 Å². The molecule has 4 heterocycles. The summed E-state index contributed by atoms with van der Waals surface area (Å²) in [6, 6.07) is 2.57. The number of carbonyl (C=O) groups is 6. The first-order valence-electron chi connectivity index (χ1n) is 20.4. The van der Waals surface area contributed by atoms with Crippen molar-refractivity contribution >= 4 is 59.1 Å². The highest BCUT2D eigenvalue weighted by Gasteiger charge is 2.48. The van der Waals surface area contributed by atoms with Gasteiger partial charge in [-0.3, -0.25) is 9.59 Å². The topological polar surface area (TPSA) is 225 Å². The smallest absolute Gasteiger partial charge is 0.408 e. The lowest BCUT2D eigenvalue weighted by Crippen LogP contribution is -2.57. The number of rotatable bonds is 10. The number of halogens is 2. The Morgan fingerprint density at radius 2 is 1.02 bits per heavy atom. The number of hydrogen-bond acceptors (Lipinski definition) is 13. The molecule has 0 spiro atoms. The average molecular weight is 926 g/mol. The number of hydrogen-bond donors (Lipinski definition) is 3. The number of aromatic nitrogens is 2. The van der Waals surface area contributed by atoms with Gasteiger partial charge in [-0.2, -0.15) is 0 Å². The number of carboxylic acids is 1. The van der Waals surface area contributed by atoms with Crippen molar-refractivity contribution in [2.24, 2.45) is 10.8 Å². The van der Waals surface area contributed by atoms with E-state index in [2.05, 4.69) is 20.6 Å². The molecule has 0 saturated carbocycles. The van der Waals surface area contributed by atoms with Gasteiger partial charge in [0.15, 0.2) is 0 Å². The van der Waals surface area contributed by atoms with Crippen molar-refractivity contribution in [1.29, 1.82) is 0 Å². The van der Waals surface area contributed by atoms with Gasteiger partial charge < -0.3 is 49.2 Å². The molecule has 18 nitrogen and oxygen atoms in total. The van der Waals surface area contributed by atoms with Crippen LogP contribution in [0.15, 0.2) is 36.7 Å². The number of nitrogens with one attached hydrogen (secondary N) is 2. The van der Waals surface area contributed by atoms with Crippen LogP contribution in [0.4, 0.5) is 9.59 Å². The van der Waals surface area contributed by atoms with E-state index in [-0.39, 0.29) is 31.8 Å². The van der Waals surface area contributed by atoms with E-state index in [1.54, 1.807) is 86.6 Å². The maximum atomic E-state index is 13.5. The van der Waals surface area contributed by atoms with Crippen molar-refractivity contribution in [1.82, 2.24) is 30.4 Å². The van der Waals surface area contributed by atoms with E-state index >= 15 is 0 Å². The zero-order valence-corrected chi connectivity index (χ0v) is 39.8. The molecule has 20 heteroatoms. The minimum absolute atomic E-state index is 0.0443. The Morgan fingerprint density at radius 3 is 1.32 bits per heavy atom. The minimum Gasteiger partial charge on any atom is -0.480 e. The van der Waals surface area contributed by atoms with Crippen molar-refractivity contribution in [3.05, 3.63) is 46.7 Å². The quantitative estimate of drug-likeness (QED) is 0.176. The number of carbonyl (C=O) groups excluding carboxylic acids is 5. The molecule has 4 amide bonds. The molecule has 0 unspecified atom stereocenters. The van der Waals surface area contributed by atoms with E-state index in [0.29, 0.717) is 15.9 Å². The summed E-state index contributed by atoms with van der Waals surface area (Å²) in [7, 11) is 1.26. The van der Waals surface area contributed by atoms with Crippen LogP contribution in [0.3, 0.4) is 0 Å². The third-order valence-corrected chi connectivity index (χ3v) is 9.82. The van der Waals surface area contributed by atoms with Gasteiger partial charge in [-0.1, -0.05) is 64.7 Å². The van der Waals surface area contributed by atoms with E-state index in [1.165, 1.54) is 29.3 Å². The lowest BCUT2D eigenvalue weighted by Gasteiger charge is -2.35. The highest BCUT2D eigenvalue weighted by atomic mass is 35.5. The number of aliphatic carboxylic acids is 1. The number of likely N-dealkylation sites (tertiary alicyclic amines) is 2. The number of esters is 1. The van der Waals surface area contributed by atoms with Crippen LogP contribution in [0.1, 0.15) is 95.9 Å². The lowest BCUT2D eigenvalue weighted by atomic mass is 9.85. The molecular weight excluding hydrogens is 863 g/mol. The van der Waals surface area contributed by atoms with Crippen LogP contribution in [0, 0.1) is 10.8 Å². The minimum atomic E-state index is -1.14. The number of pyridine rings is 2. The van der Waals surface area contributed by atoms with Gasteiger partial charge in [0.25, 0.3) is 0 Å². The lowest BCUT2D eigenvalue weighted by molar-refractivity contribution is -0.152. The Kier molecular flexibility index (Phi) is 17.5. The molecule has 0 bridgehead atoms. The normalized spacial score (nSPS) is 20.0. The largest absolute Gasteiger partial charge is 0.480 e. The standard InChI is InChI=1S/C22H32ClN3O6.C21H30ClN3O6/c1-21(2,3)17(25-20(29)32-22(4,5)6)18(27)26-12-14(10-15(26)19(28)30-7)31-16-9-8-13(23)11-24-16;1-20(2,3)16(24-19(29)31-21(4,5)6)17(26)25-11-13(9-14(25)18(27)28)30-15-8-7-12(22)10-23-15/h8-9,11,14-15,17H,10,12H2,1-7H3,(H,25,29);7-8,10,13-14,16H,9,11H2,1-6H3,(H,24,29)(H,27,28)/t14-,15+,17-;13-,14+,16-/m11/s1. The van der Waals surface area contributed by atoms with Crippen molar-refractivity contribution < 1.29 is 57.6 Å². The van der Waals surface area contributed by atoms with Gasteiger partial charge in [0.1, 0.15) is 47.6 Å². The van der Waals surface area contributed by atoms with Crippen LogP contribution < -0.4 is 20.1 Å². The predicted molar refractivity (Wildman–Crippen MR) is 232 cm³/mol. The van der Waals surface area contributed by atoms with Gasteiger partial charge in [0.2, 0.25) is 23.6 Å². The molecule has 2 saturated heterocycles. The molecule has 0 aliphatic carbocycles. The van der Waals surface area contributed by atoms with Crippen LogP contribution in [-0.4, -0.2) is 129 Å². The summed E-state index contributed by atoms with van der Waals surface area (Å²) in [5.41, 5.74) is -2.79. The summed E-state index contributed by atoms with van der Waals surface area (Å²) in [5.74, 6) is -2.02. The number of carboxylic acid groups (broad SMARTS) is 1. The third-order valence-electron chi connectivity index (χ3n) is 9.37. The van der Waals surface area contributed by atoms with Gasteiger partial charge in [0.05, 0.1) is 30.2 Å². The van der Waals surface area contributed by atoms with Gasteiger partial charge in [-0.05, 0) is 64.5 Å². The fourth-order valence-corrected chi connectivity index (χ4v) is 6.76. The molecule has 2 aliphatic rings. The highest BCUT2D eigenvalue weighted by molar-refractivity contribution is 6.30. The van der Waals surface area contributed by atoms with Gasteiger partial charge in [0, 0.05) is 37.4 Å². The van der Waals surface area contributed by atoms with Crippen molar-refractivity contribution in [3.8, 4) is 11.8 Å². The number of alkyl carbamates (subject to hydrolysis) is 2. The average Bonchev–Trinajstić information content (AvgIpc) is 3.77. The van der Waals surface area contributed by atoms with Gasteiger partial charge in [-0.25, -0.2) is 29.1 Å². The second kappa shape index (κ2) is 21.1. The van der Waals surface area contributed by atoms with Crippen LogP contribution in [0.5, 0.6) is 11.8 Å². The summed E-state index contributed by atoms with van der Waals surface area (Å²) in [6.07, 6.45) is 0.680. The Morgan fingerprint density at radius 1 is 0.651 bits per heavy atom. The molecular formula is C43H62Cl2N6O12. The fourth-order valence-electron chi connectivity index (χ4n) is 6.53. The summed E-state index contributed by atoms with van der Waals surface area (Å²) in [4.78, 5) is 86.7. The maximum absolute atomic E-state index is 13.5. The third kappa shape index (κ3) is 16.2. The Hall–Kier alpha value is -5.10. The number of nitrogens with zero attached hydrogens (tertiary/aromatic N) is 4. The van der Waals surface area contributed by atoms with Crippen LogP contribution in [0.25, 0.3) is 0 Å². The first-order valence-corrected chi connectivity index (χ1v) is 21.1. The number of amides is 4. The van der Waals surface area contributed by atoms with Gasteiger partial charge in [-0.15, -0.1) is 0 Å². The zero-order valence-electron chi connectivity index (χ0n) is 38.2. The first-order chi connectivity index (χ1) is 28.9. The molecule has 2 aromatic heterocycles. The van der Waals surface area contributed by atoms with Gasteiger partial charge >= 0.3 is 24.1 Å². The molecule has 63 heavy (non-hydrogen) atoms. The van der Waals surface area contributed by atoms with E-state index in [9.17, 15) is 33.9 Å². The van der Waals surface area contributed by atoms with E-state index in [0.717, 1.165) is 0 Å². The van der Waals surface area contributed by atoms with Crippen molar-refractivity contribution in [2.75, 3.05) is 20.2 Å². The molecule has 0 radical (unpaired) electrons. The maximum Gasteiger partial charge on any atom is 0.408 e. The zero-order chi connectivity index (χ0) is 47.8. The second-order valence-electron chi connectivity index (χ2n) is 19.3. The molecule has 3 N–H and O–H groups in total. The van der Waals surface area contributed by atoms with E-state index < -0.39 is 94.3 Å². The number of methoxy groups -OCH3 is 1. The monoisotopic (exact) mass is 924 g/mol. The number of ether oxygens (including phenoxy) is 5. The molecule has 6 atom stereocenters. The molecule has 0 aromatic carbocycles. The molecule has 2 aromatic rings. The summed E-state index contributed by atoms with van der Waals surface area (Å²) < 4.78 is 27.1. The summed E-state index contributed by atoms with van der Waals surface area (Å²) in [6.45, 7) is 21.3. The summed E-state index contributed by atoms with van der Waals surface area (Å²) >= 11 is 11.7. The van der Waals surface area contributed by atoms with Crippen LogP contribution in [-0.2, 0) is 33.4 Å². The summed E-state index contributed by atoms with van der Waals surface area (Å²) in [5, 5.41) is 15.9. The Balaban J connectivity index is 0.000000335. The molecule has 350 valence electrons. The molecule has 2 aliphatic heterocycles. The molecule has 4 rings (SSSR count). The predicted octanol–water partition coefficient (Wildman–Crippen LogP) is 6.30. The Labute approximate surface area is 379 Å². The highest BCUT2D eigenvalue weighted by Crippen LogP contribution is 2.30. The van der Waals surface area contributed by atoms with Crippen LogP contribution in [0.2, 0.25) is 10.0 Å². The van der Waals surface area contributed by atoms with Crippen molar-refractivity contribution in [3.63, 3.8) is 0 Å². The first kappa shape index (κ1) is 52.2. The van der Waals surface area contributed by atoms with Crippen LogP contribution >= 0.6 is 23.2 Å². The molecule has 2 fully saturated rings. The van der Waals surface area contributed by atoms with E-state index in [4.69, 9.17) is 46.9 Å². The van der Waals surface area contributed by atoms with Crippen molar-refractivity contribution in [2.45, 2.75) is 144 Å². The Bertz CT molecular complexity index is 1920.